The summed E-state index contributed by atoms with van der Waals surface area (Å²) in [5, 5.41) is 6.77. The normalized spacial score (nSPS) is 10.9. The molecule has 1 radical (unpaired) electrons. The zero-order valence-electron chi connectivity index (χ0n) is 5.02. The molecule has 0 rings (SSSR count). The molecule has 0 aromatic rings. The van der Waals surface area contributed by atoms with E-state index >= 15 is 0 Å². The topological polar surface area (TPSA) is 49.9 Å². The van der Waals surface area contributed by atoms with Crippen molar-refractivity contribution in [1.82, 2.24) is 0 Å². The molecular formula is C5H10BN2. The third-order valence-electron chi connectivity index (χ3n) is 0.839. The summed E-state index contributed by atoms with van der Waals surface area (Å²) in [5.41, 5.74) is 5.99. The summed E-state index contributed by atoms with van der Waals surface area (Å²) in [6, 6.07) is 0. The van der Waals surface area contributed by atoms with E-state index in [9.17, 15) is 0 Å². The molecule has 0 heterocycles. The molecule has 0 saturated carbocycles. The van der Waals surface area contributed by atoms with E-state index in [4.69, 9.17) is 11.1 Å². The number of nitrogens with two attached hydrogens (primary N) is 1. The summed E-state index contributed by atoms with van der Waals surface area (Å²) >= 11 is 0. The zero-order chi connectivity index (χ0) is 6.41. The van der Waals surface area contributed by atoms with E-state index in [1.165, 1.54) is 12.4 Å². The first-order chi connectivity index (χ1) is 3.85. The van der Waals surface area contributed by atoms with Gasteiger partial charge in [0.1, 0.15) is 7.28 Å². The second kappa shape index (κ2) is 4.43. The largest absolute Gasteiger partial charge is 0.404 e. The van der Waals surface area contributed by atoms with Crippen LogP contribution in [0, 0.1) is 5.41 Å². The van der Waals surface area contributed by atoms with Crippen LogP contribution in [0.25, 0.3) is 0 Å². The van der Waals surface area contributed by atoms with Crippen LogP contribution in [0.4, 0.5) is 0 Å². The fourth-order valence-corrected chi connectivity index (χ4v) is 0.411. The summed E-state index contributed by atoms with van der Waals surface area (Å²) in [7, 11) is 1.96. The Bertz CT molecular complexity index is 98.6. The Kier molecular flexibility index (Phi) is 4.03. The first-order valence-corrected chi connectivity index (χ1v) is 2.54. The predicted molar refractivity (Wildman–Crippen MR) is 37.5 cm³/mol. The van der Waals surface area contributed by atoms with Gasteiger partial charge < -0.3 is 11.1 Å². The maximum atomic E-state index is 6.77. The van der Waals surface area contributed by atoms with Gasteiger partial charge in [-0.3, -0.25) is 0 Å². The minimum absolute atomic E-state index is 0.792. The van der Waals surface area contributed by atoms with Crippen LogP contribution < -0.4 is 5.73 Å². The fraction of sp³-hybridized carbons (Fsp3) is 0.400. The molecule has 0 aliphatic carbocycles. The number of hydrogen-bond donors (Lipinski definition) is 2. The molecular weight excluding hydrogens is 98.9 g/mol. The number of nitrogens with one attached hydrogen (secondary N) is 1. The van der Waals surface area contributed by atoms with Crippen molar-refractivity contribution >= 4 is 13.5 Å². The van der Waals surface area contributed by atoms with Crippen LogP contribution in [-0.2, 0) is 0 Å². The van der Waals surface area contributed by atoms with E-state index < -0.39 is 0 Å². The third-order valence-corrected chi connectivity index (χ3v) is 0.839. The Hall–Kier alpha value is -0.725. The van der Waals surface area contributed by atoms with Crippen molar-refractivity contribution in [3.63, 3.8) is 0 Å². The van der Waals surface area contributed by atoms with Crippen molar-refractivity contribution < 1.29 is 0 Å². The van der Waals surface area contributed by atoms with Crippen LogP contribution in [0.5, 0.6) is 0 Å². The number of allylic oxidation sites excluding steroid dienone is 1. The SMILES string of the molecule is C[B]C/C(C=N)=C/N. The molecule has 0 amide bonds. The fourth-order valence-electron chi connectivity index (χ4n) is 0.411. The summed E-state index contributed by atoms with van der Waals surface area (Å²) in [4.78, 5) is 0. The molecule has 43 valence electrons. The van der Waals surface area contributed by atoms with Gasteiger partial charge in [-0.15, -0.1) is 0 Å². The van der Waals surface area contributed by atoms with Crippen molar-refractivity contribution in [2.75, 3.05) is 0 Å². The third kappa shape index (κ3) is 2.45. The molecule has 0 saturated heterocycles. The van der Waals surface area contributed by atoms with Crippen molar-refractivity contribution in [3.05, 3.63) is 11.8 Å². The van der Waals surface area contributed by atoms with Crippen LogP contribution in [0.1, 0.15) is 0 Å². The molecule has 8 heavy (non-hydrogen) atoms. The molecule has 3 heteroatoms. The van der Waals surface area contributed by atoms with Crippen LogP contribution in [0.15, 0.2) is 11.8 Å². The Morgan fingerprint density at radius 1 is 1.88 bits per heavy atom. The van der Waals surface area contributed by atoms with Crippen molar-refractivity contribution in [1.29, 1.82) is 5.41 Å². The average Bonchev–Trinajstić information content (AvgIpc) is 1.83. The van der Waals surface area contributed by atoms with Gasteiger partial charge in [-0.2, -0.15) is 0 Å². The van der Waals surface area contributed by atoms with E-state index in [1.807, 2.05) is 14.1 Å². The molecule has 0 aromatic carbocycles. The first-order valence-electron chi connectivity index (χ1n) is 2.54. The van der Waals surface area contributed by atoms with E-state index in [-0.39, 0.29) is 0 Å². The number of hydrogen-bond acceptors (Lipinski definition) is 2. The standard InChI is InChI=1S/C5H10BN2/c1-6-2-5(3-7)4-8/h3-4,7H,2,8H2,1H3/b5-4-,7-3?. The van der Waals surface area contributed by atoms with Gasteiger partial charge >= 0.3 is 0 Å². The summed E-state index contributed by atoms with van der Waals surface area (Å²) in [6.45, 7) is 1.94. The van der Waals surface area contributed by atoms with Gasteiger partial charge in [0.25, 0.3) is 0 Å². The second-order valence-electron chi connectivity index (χ2n) is 1.50. The van der Waals surface area contributed by atoms with E-state index in [0.29, 0.717) is 0 Å². The second-order valence-corrected chi connectivity index (χ2v) is 1.50. The maximum absolute atomic E-state index is 6.77. The lowest BCUT2D eigenvalue weighted by Crippen LogP contribution is -1.92. The van der Waals surface area contributed by atoms with Gasteiger partial charge in [0, 0.05) is 6.21 Å². The summed E-state index contributed by atoms with van der Waals surface area (Å²) < 4.78 is 0. The zero-order valence-corrected chi connectivity index (χ0v) is 5.02. The smallest absolute Gasteiger partial charge is 0.111 e. The Morgan fingerprint density at radius 3 is 2.62 bits per heavy atom. The van der Waals surface area contributed by atoms with Gasteiger partial charge in [-0.25, -0.2) is 0 Å². The Morgan fingerprint density at radius 2 is 2.50 bits per heavy atom. The molecule has 0 atom stereocenters. The molecule has 0 aliphatic heterocycles. The Labute approximate surface area is 50.5 Å². The van der Waals surface area contributed by atoms with Gasteiger partial charge in [-0.1, -0.05) is 13.1 Å². The molecule has 0 spiro atoms. The highest BCUT2D eigenvalue weighted by molar-refractivity contribution is 6.35. The van der Waals surface area contributed by atoms with E-state index in [2.05, 4.69) is 0 Å². The number of rotatable bonds is 3. The molecule has 0 fully saturated rings. The lowest BCUT2D eigenvalue weighted by atomic mass is 9.75. The molecule has 2 nitrogen and oxygen atoms in total. The van der Waals surface area contributed by atoms with Crippen molar-refractivity contribution in [3.8, 4) is 0 Å². The van der Waals surface area contributed by atoms with Crippen molar-refractivity contribution in [2.24, 2.45) is 5.73 Å². The van der Waals surface area contributed by atoms with Crippen LogP contribution in [0.3, 0.4) is 0 Å². The molecule has 0 aliphatic rings. The lowest BCUT2D eigenvalue weighted by Gasteiger charge is -1.90. The summed E-state index contributed by atoms with van der Waals surface area (Å²) in [5.74, 6) is 0. The molecule has 0 aromatic heterocycles. The highest BCUT2D eigenvalue weighted by atomic mass is 14.5. The minimum atomic E-state index is 0.792. The van der Waals surface area contributed by atoms with E-state index in [1.54, 1.807) is 0 Å². The lowest BCUT2D eigenvalue weighted by molar-refractivity contribution is 1.43. The van der Waals surface area contributed by atoms with Gasteiger partial charge in [0.05, 0.1) is 0 Å². The minimum Gasteiger partial charge on any atom is -0.404 e. The highest BCUT2D eigenvalue weighted by Gasteiger charge is 1.86. The van der Waals surface area contributed by atoms with Gasteiger partial charge in [0.2, 0.25) is 0 Å². The first kappa shape index (κ1) is 7.27. The average molecular weight is 109 g/mol. The quantitative estimate of drug-likeness (QED) is 0.405. The monoisotopic (exact) mass is 109 g/mol. The summed E-state index contributed by atoms with van der Waals surface area (Å²) in [6.07, 6.45) is 3.51. The van der Waals surface area contributed by atoms with Crippen LogP contribution in [-0.4, -0.2) is 13.5 Å². The van der Waals surface area contributed by atoms with Crippen LogP contribution in [0.2, 0.25) is 13.1 Å². The maximum Gasteiger partial charge on any atom is 0.111 e. The van der Waals surface area contributed by atoms with Gasteiger partial charge in [-0.05, 0) is 11.8 Å². The molecule has 3 N–H and O–H groups in total. The van der Waals surface area contributed by atoms with Crippen molar-refractivity contribution in [2.45, 2.75) is 13.1 Å². The molecule has 0 unspecified atom stereocenters. The molecule has 0 bridgehead atoms. The van der Waals surface area contributed by atoms with E-state index in [0.717, 1.165) is 11.9 Å². The predicted octanol–water partition coefficient (Wildman–Crippen LogP) is 0.649. The highest BCUT2D eigenvalue weighted by Crippen LogP contribution is 1.92. The van der Waals surface area contributed by atoms with Crippen LogP contribution >= 0.6 is 0 Å². The Balaban J connectivity index is 3.54. The van der Waals surface area contributed by atoms with Gasteiger partial charge in [0.15, 0.2) is 0 Å².